The number of carbonyl (C=O) groups excluding carboxylic acids is 1. The molecule has 1 saturated carbocycles. The Bertz CT molecular complexity index is 1480. The van der Waals surface area contributed by atoms with E-state index in [1.165, 1.54) is 18.5 Å². The highest BCUT2D eigenvalue weighted by Gasteiger charge is 2.24. The lowest BCUT2D eigenvalue weighted by atomic mass is 10.1. The number of nitrogens with zero attached hydrogens (tertiary/aromatic N) is 3. The molecule has 0 aliphatic heterocycles. The van der Waals surface area contributed by atoms with Gasteiger partial charge < -0.3 is 29.8 Å². The molecule has 1 aliphatic rings. The fourth-order valence-corrected chi connectivity index (χ4v) is 4.76. The van der Waals surface area contributed by atoms with Crippen LogP contribution in [0.15, 0.2) is 54.9 Å². The molecule has 11 heteroatoms. The third-order valence-electron chi connectivity index (χ3n) is 6.35. The van der Waals surface area contributed by atoms with Crippen LogP contribution in [-0.2, 0) is 11.5 Å². The maximum absolute atomic E-state index is 14.8. The van der Waals surface area contributed by atoms with Gasteiger partial charge in [0.25, 0.3) is 0 Å². The van der Waals surface area contributed by atoms with Crippen LogP contribution in [0.5, 0.6) is 17.4 Å². The summed E-state index contributed by atoms with van der Waals surface area (Å²) < 4.78 is 28.7. The molecule has 5 rings (SSSR count). The maximum atomic E-state index is 14.8. The fourth-order valence-electron chi connectivity index (χ4n) is 4.00. The van der Waals surface area contributed by atoms with Gasteiger partial charge in [-0.05, 0) is 66.9 Å². The Hall–Kier alpha value is -3.96. The molecular weight excluding hydrogens is 517 g/mol. The molecule has 0 bridgehead atoms. The number of fused-ring (bicyclic) bond motifs is 1. The zero-order valence-corrected chi connectivity index (χ0v) is 23.2. The van der Waals surface area contributed by atoms with Gasteiger partial charge in [-0.2, -0.15) is 0 Å². The van der Waals surface area contributed by atoms with Gasteiger partial charge >= 0.3 is 6.03 Å². The number of hydrogen-bond acceptors (Lipinski definition) is 6. The molecule has 204 valence electrons. The maximum Gasteiger partial charge on any atom is 0.319 e. The molecule has 0 saturated heterocycles. The van der Waals surface area contributed by atoms with Crippen molar-refractivity contribution in [3.8, 4) is 28.6 Å². The zero-order valence-electron chi connectivity index (χ0n) is 22.2. The van der Waals surface area contributed by atoms with Gasteiger partial charge in [-0.3, -0.25) is 0 Å². The van der Waals surface area contributed by atoms with Gasteiger partial charge in [0.15, 0.2) is 0 Å². The van der Waals surface area contributed by atoms with Crippen LogP contribution in [0.4, 0.5) is 14.9 Å². The van der Waals surface area contributed by atoms with E-state index in [2.05, 4.69) is 40.2 Å². The Balaban J connectivity index is 1.41. The highest BCUT2D eigenvalue weighted by atomic mass is 28.3. The standard InChI is InChI=1S/C28H32FN5O4Si/c1-39(2,3)13-12-37-17-34-25(18-4-8-20(35)9-5-18)15-22-26(34)30-16-31-27(22)38-21-10-11-24(23(29)14-21)33-28(36)32-19-6-7-19/h4-5,8-11,14-16,19,35H,6-7,12-13,17H2,1-3H3,(H2,32,33,36). The number of rotatable bonds is 10. The summed E-state index contributed by atoms with van der Waals surface area (Å²) in [7, 11) is -1.26. The fraction of sp³-hybridized carbons (Fsp3) is 0.321. The molecule has 2 aromatic carbocycles. The van der Waals surface area contributed by atoms with Crippen molar-refractivity contribution < 1.29 is 23.8 Å². The topological polar surface area (TPSA) is 111 Å². The minimum atomic E-state index is -1.26. The van der Waals surface area contributed by atoms with Crippen LogP contribution < -0.4 is 15.4 Å². The highest BCUT2D eigenvalue weighted by molar-refractivity contribution is 6.76. The summed E-state index contributed by atoms with van der Waals surface area (Å²) in [5.74, 6) is 0.0296. The van der Waals surface area contributed by atoms with E-state index >= 15 is 0 Å². The van der Waals surface area contributed by atoms with E-state index in [0.717, 1.165) is 30.1 Å². The highest BCUT2D eigenvalue weighted by Crippen LogP contribution is 2.35. The number of halogens is 1. The van der Waals surface area contributed by atoms with Crippen molar-refractivity contribution in [2.45, 2.75) is 51.3 Å². The molecule has 4 aromatic rings. The summed E-state index contributed by atoms with van der Waals surface area (Å²) in [5.41, 5.74) is 2.34. The van der Waals surface area contributed by atoms with E-state index < -0.39 is 19.9 Å². The van der Waals surface area contributed by atoms with Gasteiger partial charge in [0.1, 0.15) is 36.0 Å². The van der Waals surface area contributed by atoms with Crippen molar-refractivity contribution in [2.75, 3.05) is 11.9 Å². The summed E-state index contributed by atoms with van der Waals surface area (Å²) in [6.07, 6.45) is 3.28. The van der Waals surface area contributed by atoms with Crippen LogP contribution in [0.3, 0.4) is 0 Å². The van der Waals surface area contributed by atoms with Crippen LogP contribution >= 0.6 is 0 Å². The number of amides is 2. The third kappa shape index (κ3) is 6.73. The van der Waals surface area contributed by atoms with Crippen LogP contribution in [0.25, 0.3) is 22.3 Å². The first-order valence-corrected chi connectivity index (χ1v) is 16.6. The first kappa shape index (κ1) is 26.6. The van der Waals surface area contributed by atoms with E-state index in [1.54, 1.807) is 18.2 Å². The van der Waals surface area contributed by atoms with Crippen molar-refractivity contribution in [2.24, 2.45) is 0 Å². The summed E-state index contributed by atoms with van der Waals surface area (Å²) in [5, 5.41) is 15.7. The predicted molar refractivity (Wildman–Crippen MR) is 150 cm³/mol. The number of carbonyl (C=O) groups is 1. The summed E-state index contributed by atoms with van der Waals surface area (Å²) in [4.78, 5) is 20.8. The van der Waals surface area contributed by atoms with Crippen molar-refractivity contribution >= 4 is 30.8 Å². The molecule has 2 aromatic heterocycles. The molecule has 0 spiro atoms. The normalized spacial score (nSPS) is 13.4. The summed E-state index contributed by atoms with van der Waals surface area (Å²) in [6, 6.07) is 13.8. The number of nitrogens with one attached hydrogen (secondary N) is 2. The Morgan fingerprint density at radius 3 is 2.59 bits per heavy atom. The van der Waals surface area contributed by atoms with Gasteiger partial charge in [-0.25, -0.2) is 19.2 Å². The second-order valence-corrected chi connectivity index (χ2v) is 16.5. The molecule has 3 N–H and O–H groups in total. The Labute approximate surface area is 227 Å². The minimum Gasteiger partial charge on any atom is -0.508 e. The minimum absolute atomic E-state index is 0.0598. The van der Waals surface area contributed by atoms with Crippen LogP contribution in [-0.4, -0.2) is 46.4 Å². The number of phenols is 1. The van der Waals surface area contributed by atoms with E-state index in [-0.39, 0.29) is 35.8 Å². The Morgan fingerprint density at radius 2 is 1.90 bits per heavy atom. The largest absolute Gasteiger partial charge is 0.508 e. The van der Waals surface area contributed by atoms with Gasteiger partial charge in [0, 0.05) is 26.8 Å². The van der Waals surface area contributed by atoms with E-state index in [0.29, 0.717) is 17.6 Å². The monoisotopic (exact) mass is 549 g/mol. The first-order valence-electron chi connectivity index (χ1n) is 12.9. The molecular formula is C28H32FN5O4Si. The number of hydrogen-bond donors (Lipinski definition) is 3. The molecule has 39 heavy (non-hydrogen) atoms. The number of aromatic hydroxyl groups is 1. The first-order chi connectivity index (χ1) is 18.7. The number of aromatic nitrogens is 3. The van der Waals surface area contributed by atoms with Crippen molar-refractivity contribution in [3.05, 3.63) is 60.7 Å². The number of ether oxygens (including phenoxy) is 2. The lowest BCUT2D eigenvalue weighted by Crippen LogP contribution is -2.30. The number of benzene rings is 2. The second kappa shape index (κ2) is 11.0. The molecule has 2 amide bonds. The van der Waals surface area contributed by atoms with Crippen LogP contribution in [0.2, 0.25) is 25.7 Å². The van der Waals surface area contributed by atoms with E-state index in [4.69, 9.17) is 9.47 Å². The molecule has 9 nitrogen and oxygen atoms in total. The lowest BCUT2D eigenvalue weighted by molar-refractivity contribution is 0.0909. The molecule has 0 atom stereocenters. The summed E-state index contributed by atoms with van der Waals surface area (Å²) >= 11 is 0. The number of anilines is 1. The smallest absolute Gasteiger partial charge is 0.319 e. The number of phenolic OH excluding ortho intramolecular Hbond substituents is 1. The van der Waals surface area contributed by atoms with Gasteiger partial charge in [0.05, 0.1) is 16.8 Å². The van der Waals surface area contributed by atoms with Gasteiger partial charge in [-0.1, -0.05) is 19.6 Å². The zero-order chi connectivity index (χ0) is 27.6. The molecule has 0 unspecified atom stereocenters. The molecule has 1 aliphatic carbocycles. The average Bonchev–Trinajstić information content (AvgIpc) is 3.61. The quantitative estimate of drug-likeness (QED) is 0.157. The Kier molecular flexibility index (Phi) is 7.53. The van der Waals surface area contributed by atoms with Gasteiger partial charge in [-0.15, -0.1) is 0 Å². The van der Waals surface area contributed by atoms with Crippen LogP contribution in [0, 0.1) is 5.82 Å². The molecule has 2 heterocycles. The second-order valence-electron chi connectivity index (χ2n) is 10.9. The average molecular weight is 550 g/mol. The van der Waals surface area contributed by atoms with Crippen molar-refractivity contribution in [3.63, 3.8) is 0 Å². The summed E-state index contributed by atoms with van der Waals surface area (Å²) in [6.45, 7) is 7.81. The Morgan fingerprint density at radius 1 is 1.13 bits per heavy atom. The van der Waals surface area contributed by atoms with E-state index in [1.807, 2.05) is 22.8 Å². The van der Waals surface area contributed by atoms with Crippen LogP contribution in [0.1, 0.15) is 12.8 Å². The van der Waals surface area contributed by atoms with E-state index in [9.17, 15) is 14.3 Å². The SMILES string of the molecule is C[Si](C)(C)CCOCn1c(-c2ccc(O)cc2)cc2c(Oc3ccc(NC(=O)NC4CC4)c(F)c3)ncnc21. The van der Waals surface area contributed by atoms with Crippen molar-refractivity contribution in [1.82, 2.24) is 19.9 Å². The molecule has 1 fully saturated rings. The number of urea groups is 1. The van der Waals surface area contributed by atoms with Crippen molar-refractivity contribution in [1.29, 1.82) is 0 Å². The molecule has 0 radical (unpaired) electrons. The van der Waals surface area contributed by atoms with Gasteiger partial charge in [0.2, 0.25) is 5.88 Å². The predicted octanol–water partition coefficient (Wildman–Crippen LogP) is 6.33. The third-order valence-corrected chi connectivity index (χ3v) is 8.05. The lowest BCUT2D eigenvalue weighted by Gasteiger charge is -2.16.